The molecule has 25 heavy (non-hydrogen) atoms. The van der Waals surface area contributed by atoms with Crippen LogP contribution in [0, 0.1) is 5.92 Å². The summed E-state index contributed by atoms with van der Waals surface area (Å²) in [5, 5.41) is 10.7. The number of aliphatic hydroxyl groups is 1. The number of hydrogen-bond acceptors (Lipinski definition) is 3. The molecule has 5 nitrogen and oxygen atoms in total. The van der Waals surface area contributed by atoms with Crippen molar-refractivity contribution < 1.29 is 14.7 Å². The molecule has 1 aromatic rings. The average Bonchev–Trinajstić information content (AvgIpc) is 3.16. The van der Waals surface area contributed by atoms with E-state index in [-0.39, 0.29) is 17.7 Å². The molecule has 3 rings (SSSR count). The zero-order valence-electron chi connectivity index (χ0n) is 15.0. The molecule has 0 spiro atoms. The highest BCUT2D eigenvalue weighted by Crippen LogP contribution is 2.27. The minimum atomic E-state index is -1.42. The molecule has 1 atom stereocenters. The van der Waals surface area contributed by atoms with Gasteiger partial charge in [0.05, 0.1) is 0 Å². The Balaban J connectivity index is 1.54. The van der Waals surface area contributed by atoms with E-state index in [1.54, 1.807) is 11.8 Å². The molecule has 1 saturated carbocycles. The van der Waals surface area contributed by atoms with Gasteiger partial charge in [0.1, 0.15) is 5.60 Å². The molecular weight excluding hydrogens is 316 g/mol. The molecule has 2 amide bonds. The first kappa shape index (κ1) is 17.9. The predicted molar refractivity (Wildman–Crippen MR) is 95.9 cm³/mol. The Kier molecular flexibility index (Phi) is 5.42. The van der Waals surface area contributed by atoms with Gasteiger partial charge in [0.2, 0.25) is 5.91 Å². The molecule has 2 fully saturated rings. The van der Waals surface area contributed by atoms with Gasteiger partial charge in [-0.15, -0.1) is 0 Å². The van der Waals surface area contributed by atoms with Crippen molar-refractivity contribution in [2.75, 3.05) is 26.2 Å². The summed E-state index contributed by atoms with van der Waals surface area (Å²) in [5.74, 6) is 0.188. The summed E-state index contributed by atoms with van der Waals surface area (Å²) in [6, 6.07) is 9.56. The third-order valence-electron chi connectivity index (χ3n) is 5.43. The summed E-state index contributed by atoms with van der Waals surface area (Å²) in [4.78, 5) is 28.8. The SMILES string of the molecule is CC(O)(Cc1ccccc1)C(=O)N1CCN(C(=O)C2CCCC2)CC1. The molecule has 1 unspecified atom stereocenters. The van der Waals surface area contributed by atoms with Crippen molar-refractivity contribution in [3.63, 3.8) is 0 Å². The molecule has 5 heteroatoms. The summed E-state index contributed by atoms with van der Waals surface area (Å²) >= 11 is 0. The van der Waals surface area contributed by atoms with Crippen molar-refractivity contribution in [3.05, 3.63) is 35.9 Å². The van der Waals surface area contributed by atoms with Crippen LogP contribution in [-0.4, -0.2) is 58.5 Å². The van der Waals surface area contributed by atoms with Gasteiger partial charge < -0.3 is 14.9 Å². The molecule has 1 aliphatic carbocycles. The first-order valence-corrected chi connectivity index (χ1v) is 9.32. The van der Waals surface area contributed by atoms with E-state index in [2.05, 4.69) is 0 Å². The summed E-state index contributed by atoms with van der Waals surface area (Å²) in [6.07, 6.45) is 4.61. The van der Waals surface area contributed by atoms with E-state index in [0.29, 0.717) is 32.6 Å². The maximum Gasteiger partial charge on any atom is 0.254 e. The molecule has 1 heterocycles. The lowest BCUT2D eigenvalue weighted by Gasteiger charge is -2.38. The van der Waals surface area contributed by atoms with Crippen LogP contribution in [0.15, 0.2) is 30.3 Å². The Morgan fingerprint density at radius 1 is 1.04 bits per heavy atom. The number of piperazine rings is 1. The highest BCUT2D eigenvalue weighted by atomic mass is 16.3. The minimum Gasteiger partial charge on any atom is -0.380 e. The second-order valence-corrected chi connectivity index (χ2v) is 7.54. The lowest BCUT2D eigenvalue weighted by atomic mass is 9.94. The third-order valence-corrected chi connectivity index (χ3v) is 5.43. The molecule has 1 saturated heterocycles. The van der Waals surface area contributed by atoms with Crippen LogP contribution in [0.4, 0.5) is 0 Å². The van der Waals surface area contributed by atoms with Crippen LogP contribution in [0.3, 0.4) is 0 Å². The second kappa shape index (κ2) is 7.56. The van der Waals surface area contributed by atoms with Gasteiger partial charge in [-0.1, -0.05) is 43.2 Å². The zero-order valence-corrected chi connectivity index (χ0v) is 15.0. The number of carbonyl (C=O) groups excluding carboxylic acids is 2. The number of nitrogens with zero attached hydrogens (tertiary/aromatic N) is 2. The van der Waals surface area contributed by atoms with Gasteiger partial charge in [-0.05, 0) is 25.3 Å². The van der Waals surface area contributed by atoms with Crippen LogP contribution in [0.1, 0.15) is 38.2 Å². The van der Waals surface area contributed by atoms with Crippen LogP contribution in [-0.2, 0) is 16.0 Å². The van der Waals surface area contributed by atoms with Crippen LogP contribution in [0.2, 0.25) is 0 Å². The van der Waals surface area contributed by atoms with Gasteiger partial charge in [-0.3, -0.25) is 9.59 Å². The lowest BCUT2D eigenvalue weighted by molar-refractivity contribution is -0.153. The first-order chi connectivity index (χ1) is 12.0. The quantitative estimate of drug-likeness (QED) is 0.907. The van der Waals surface area contributed by atoms with Gasteiger partial charge in [-0.2, -0.15) is 0 Å². The van der Waals surface area contributed by atoms with Gasteiger partial charge in [0.15, 0.2) is 0 Å². The van der Waals surface area contributed by atoms with Crippen LogP contribution >= 0.6 is 0 Å². The Hall–Kier alpha value is -1.88. The summed E-state index contributed by atoms with van der Waals surface area (Å²) in [6.45, 7) is 3.73. The van der Waals surface area contributed by atoms with Gasteiger partial charge >= 0.3 is 0 Å². The highest BCUT2D eigenvalue weighted by molar-refractivity contribution is 5.85. The largest absolute Gasteiger partial charge is 0.380 e. The van der Waals surface area contributed by atoms with Gasteiger partial charge in [-0.25, -0.2) is 0 Å². The molecule has 0 radical (unpaired) electrons. The molecule has 2 aliphatic rings. The van der Waals surface area contributed by atoms with Crippen molar-refractivity contribution in [1.82, 2.24) is 9.80 Å². The topological polar surface area (TPSA) is 60.9 Å². The Labute approximate surface area is 149 Å². The number of benzene rings is 1. The number of rotatable bonds is 4. The number of hydrogen-bond donors (Lipinski definition) is 1. The van der Waals surface area contributed by atoms with Crippen molar-refractivity contribution in [3.8, 4) is 0 Å². The fraction of sp³-hybridized carbons (Fsp3) is 0.600. The summed E-state index contributed by atoms with van der Waals surface area (Å²) in [7, 11) is 0. The smallest absolute Gasteiger partial charge is 0.254 e. The van der Waals surface area contributed by atoms with Crippen molar-refractivity contribution in [1.29, 1.82) is 0 Å². The molecule has 1 aliphatic heterocycles. The zero-order chi connectivity index (χ0) is 17.9. The van der Waals surface area contributed by atoms with E-state index >= 15 is 0 Å². The highest BCUT2D eigenvalue weighted by Gasteiger charge is 2.37. The summed E-state index contributed by atoms with van der Waals surface area (Å²) in [5.41, 5.74) is -0.477. The van der Waals surface area contributed by atoms with Crippen molar-refractivity contribution in [2.45, 2.75) is 44.6 Å². The van der Waals surface area contributed by atoms with E-state index in [0.717, 1.165) is 31.2 Å². The standard InChI is InChI=1S/C20H28N2O3/c1-20(25,15-16-7-3-2-4-8-16)19(24)22-13-11-21(12-14-22)18(23)17-9-5-6-10-17/h2-4,7-8,17,25H,5-6,9-15H2,1H3. The van der Waals surface area contributed by atoms with E-state index in [9.17, 15) is 14.7 Å². The first-order valence-electron chi connectivity index (χ1n) is 9.32. The normalized spacial score (nSPS) is 21.2. The number of amides is 2. The van der Waals surface area contributed by atoms with Crippen molar-refractivity contribution in [2.24, 2.45) is 5.92 Å². The fourth-order valence-corrected chi connectivity index (χ4v) is 3.97. The Morgan fingerprint density at radius 2 is 1.60 bits per heavy atom. The molecule has 136 valence electrons. The van der Waals surface area contributed by atoms with Crippen LogP contribution in [0.5, 0.6) is 0 Å². The molecule has 0 bridgehead atoms. The minimum absolute atomic E-state index is 0.184. The Bertz CT molecular complexity index is 601. The van der Waals surface area contributed by atoms with Crippen molar-refractivity contribution >= 4 is 11.8 Å². The maximum atomic E-state index is 12.7. The third kappa shape index (κ3) is 4.21. The van der Waals surface area contributed by atoms with Gasteiger partial charge in [0, 0.05) is 38.5 Å². The van der Waals surface area contributed by atoms with Crippen LogP contribution in [0.25, 0.3) is 0 Å². The Morgan fingerprint density at radius 3 is 2.20 bits per heavy atom. The lowest BCUT2D eigenvalue weighted by Crippen LogP contribution is -2.57. The molecule has 0 aromatic heterocycles. The molecular formula is C20H28N2O3. The molecule has 1 N–H and O–H groups in total. The van der Waals surface area contributed by atoms with Crippen LogP contribution < -0.4 is 0 Å². The van der Waals surface area contributed by atoms with E-state index < -0.39 is 5.60 Å². The molecule has 1 aromatic carbocycles. The van der Waals surface area contributed by atoms with E-state index in [1.165, 1.54) is 0 Å². The fourth-order valence-electron chi connectivity index (χ4n) is 3.97. The van der Waals surface area contributed by atoms with E-state index in [1.807, 2.05) is 35.2 Å². The summed E-state index contributed by atoms with van der Waals surface area (Å²) < 4.78 is 0. The van der Waals surface area contributed by atoms with Gasteiger partial charge in [0.25, 0.3) is 5.91 Å². The number of carbonyl (C=O) groups is 2. The monoisotopic (exact) mass is 344 g/mol. The second-order valence-electron chi connectivity index (χ2n) is 7.54. The maximum absolute atomic E-state index is 12.7. The average molecular weight is 344 g/mol. The van der Waals surface area contributed by atoms with E-state index in [4.69, 9.17) is 0 Å². The predicted octanol–water partition coefficient (Wildman–Crippen LogP) is 1.84.